The summed E-state index contributed by atoms with van der Waals surface area (Å²) in [5.74, 6) is -0.865. The number of rotatable bonds is 4. The number of carbonyl (C=O) groups excluding carboxylic acids is 1. The molecule has 0 aliphatic heterocycles. The number of hydrogen-bond acceptors (Lipinski definition) is 3. The summed E-state index contributed by atoms with van der Waals surface area (Å²) in [6.45, 7) is 4.13. The maximum atomic E-state index is 12.3. The lowest BCUT2D eigenvalue weighted by molar-refractivity contribution is -0.120. The number of hydrogen-bond donors (Lipinski definition) is 3. The molecule has 1 saturated carbocycles. The van der Waals surface area contributed by atoms with E-state index in [1.165, 1.54) is 6.07 Å². The number of benzene rings is 1. The Morgan fingerprint density at radius 2 is 2.05 bits per heavy atom. The standard InChI is InChI=1S/C16H22N2O3/c1-9-6-12(7-14(10(9)2)16(20)21)18-15(19)13-5-3-4-11(13)8-17/h6-7,11,13H,3-5,8,17H2,1-2H3,(H,18,19)(H,20,21). The van der Waals surface area contributed by atoms with Crippen LogP contribution >= 0.6 is 0 Å². The topological polar surface area (TPSA) is 92.4 Å². The van der Waals surface area contributed by atoms with Gasteiger partial charge in [0.05, 0.1) is 5.56 Å². The molecule has 2 rings (SSSR count). The molecule has 0 bridgehead atoms. The van der Waals surface area contributed by atoms with Crippen LogP contribution in [0.15, 0.2) is 12.1 Å². The van der Waals surface area contributed by atoms with E-state index < -0.39 is 5.97 Å². The Labute approximate surface area is 124 Å². The van der Waals surface area contributed by atoms with Crippen LogP contribution < -0.4 is 11.1 Å². The highest BCUT2D eigenvalue weighted by Crippen LogP contribution is 2.32. The van der Waals surface area contributed by atoms with Gasteiger partial charge in [0.2, 0.25) is 5.91 Å². The van der Waals surface area contributed by atoms with Crippen molar-refractivity contribution >= 4 is 17.6 Å². The summed E-state index contributed by atoms with van der Waals surface area (Å²) in [6, 6.07) is 3.33. The number of amides is 1. The summed E-state index contributed by atoms with van der Waals surface area (Å²) in [5.41, 5.74) is 8.06. The van der Waals surface area contributed by atoms with E-state index in [0.717, 1.165) is 30.4 Å². The van der Waals surface area contributed by atoms with Crippen LogP contribution in [-0.4, -0.2) is 23.5 Å². The molecule has 5 heteroatoms. The molecule has 114 valence electrons. The van der Waals surface area contributed by atoms with Crippen molar-refractivity contribution in [1.82, 2.24) is 0 Å². The number of anilines is 1. The third-order valence-electron chi connectivity index (χ3n) is 4.46. The number of carboxylic acid groups (broad SMARTS) is 1. The van der Waals surface area contributed by atoms with Crippen molar-refractivity contribution in [3.8, 4) is 0 Å². The minimum absolute atomic E-state index is 0.0532. The van der Waals surface area contributed by atoms with E-state index in [1.807, 2.05) is 13.0 Å². The molecule has 0 aromatic heterocycles. The molecule has 2 atom stereocenters. The molecule has 0 spiro atoms. The van der Waals surface area contributed by atoms with Gasteiger partial charge in [0, 0.05) is 11.6 Å². The zero-order valence-corrected chi connectivity index (χ0v) is 12.5. The molecule has 21 heavy (non-hydrogen) atoms. The lowest BCUT2D eigenvalue weighted by atomic mass is 9.95. The van der Waals surface area contributed by atoms with Gasteiger partial charge >= 0.3 is 5.97 Å². The number of carbonyl (C=O) groups is 2. The zero-order chi connectivity index (χ0) is 15.6. The summed E-state index contributed by atoms with van der Waals surface area (Å²) in [7, 11) is 0. The van der Waals surface area contributed by atoms with Crippen molar-refractivity contribution in [3.63, 3.8) is 0 Å². The van der Waals surface area contributed by atoms with Crippen molar-refractivity contribution < 1.29 is 14.7 Å². The molecule has 1 amide bonds. The van der Waals surface area contributed by atoms with E-state index in [-0.39, 0.29) is 23.3 Å². The summed E-state index contributed by atoms with van der Waals surface area (Å²) < 4.78 is 0. The van der Waals surface area contributed by atoms with Crippen molar-refractivity contribution in [2.75, 3.05) is 11.9 Å². The van der Waals surface area contributed by atoms with Gasteiger partial charge < -0.3 is 16.2 Å². The fourth-order valence-electron chi connectivity index (χ4n) is 3.05. The van der Waals surface area contributed by atoms with Crippen LogP contribution in [0.25, 0.3) is 0 Å². The van der Waals surface area contributed by atoms with Crippen LogP contribution in [0.3, 0.4) is 0 Å². The van der Waals surface area contributed by atoms with Crippen LogP contribution in [0.2, 0.25) is 0 Å². The molecule has 1 aliphatic rings. The van der Waals surface area contributed by atoms with E-state index in [0.29, 0.717) is 12.2 Å². The monoisotopic (exact) mass is 290 g/mol. The average molecular weight is 290 g/mol. The number of aromatic carboxylic acids is 1. The number of aryl methyl sites for hydroxylation is 1. The van der Waals surface area contributed by atoms with E-state index >= 15 is 0 Å². The predicted molar refractivity (Wildman–Crippen MR) is 81.4 cm³/mol. The zero-order valence-electron chi connectivity index (χ0n) is 12.5. The van der Waals surface area contributed by atoms with E-state index in [1.54, 1.807) is 6.92 Å². The van der Waals surface area contributed by atoms with Crippen molar-refractivity contribution in [3.05, 3.63) is 28.8 Å². The van der Waals surface area contributed by atoms with Crippen molar-refractivity contribution in [1.29, 1.82) is 0 Å². The highest BCUT2D eigenvalue weighted by Gasteiger charge is 2.32. The van der Waals surface area contributed by atoms with Gasteiger partial charge in [-0.2, -0.15) is 0 Å². The highest BCUT2D eigenvalue weighted by molar-refractivity contribution is 5.96. The third-order valence-corrected chi connectivity index (χ3v) is 4.46. The van der Waals surface area contributed by atoms with Crippen LogP contribution in [0.4, 0.5) is 5.69 Å². The molecular formula is C16H22N2O3. The molecule has 2 unspecified atom stereocenters. The van der Waals surface area contributed by atoms with Gasteiger partial charge in [0.15, 0.2) is 0 Å². The number of nitrogens with one attached hydrogen (secondary N) is 1. The quantitative estimate of drug-likeness (QED) is 0.793. The predicted octanol–water partition coefficient (Wildman–Crippen LogP) is 2.32. The van der Waals surface area contributed by atoms with Gasteiger partial charge in [-0.25, -0.2) is 4.79 Å². The molecule has 1 aromatic carbocycles. The first-order valence-electron chi connectivity index (χ1n) is 7.29. The molecule has 5 nitrogen and oxygen atoms in total. The third kappa shape index (κ3) is 3.24. The largest absolute Gasteiger partial charge is 0.478 e. The summed E-state index contributed by atoms with van der Waals surface area (Å²) in [4.78, 5) is 23.6. The van der Waals surface area contributed by atoms with E-state index in [2.05, 4.69) is 5.32 Å². The van der Waals surface area contributed by atoms with Gasteiger partial charge in [0.25, 0.3) is 0 Å². The van der Waals surface area contributed by atoms with Gasteiger partial charge in [0.1, 0.15) is 0 Å². The number of carboxylic acids is 1. The smallest absolute Gasteiger partial charge is 0.336 e. The lowest BCUT2D eigenvalue weighted by Gasteiger charge is -2.18. The first-order chi connectivity index (χ1) is 9.93. The van der Waals surface area contributed by atoms with Crippen LogP contribution in [0, 0.1) is 25.7 Å². The second-order valence-electron chi connectivity index (χ2n) is 5.79. The molecule has 0 heterocycles. The van der Waals surface area contributed by atoms with E-state index in [4.69, 9.17) is 5.73 Å². The first kappa shape index (κ1) is 15.5. The summed E-state index contributed by atoms with van der Waals surface area (Å²) in [5, 5.41) is 12.1. The molecule has 0 saturated heterocycles. The first-order valence-corrected chi connectivity index (χ1v) is 7.29. The molecule has 1 aliphatic carbocycles. The minimum Gasteiger partial charge on any atom is -0.478 e. The van der Waals surface area contributed by atoms with E-state index in [9.17, 15) is 14.7 Å². The van der Waals surface area contributed by atoms with Crippen molar-refractivity contribution in [2.45, 2.75) is 33.1 Å². The molecule has 1 aromatic rings. The second-order valence-corrected chi connectivity index (χ2v) is 5.79. The van der Waals surface area contributed by atoms with Gasteiger partial charge in [-0.3, -0.25) is 4.79 Å². The Balaban J connectivity index is 2.20. The lowest BCUT2D eigenvalue weighted by Crippen LogP contribution is -2.29. The fraction of sp³-hybridized carbons (Fsp3) is 0.500. The Morgan fingerprint density at radius 3 is 2.67 bits per heavy atom. The maximum absolute atomic E-state index is 12.3. The molecule has 4 N–H and O–H groups in total. The average Bonchev–Trinajstić information content (AvgIpc) is 2.90. The van der Waals surface area contributed by atoms with Gasteiger partial charge in [-0.1, -0.05) is 6.42 Å². The van der Waals surface area contributed by atoms with Crippen LogP contribution in [-0.2, 0) is 4.79 Å². The fourth-order valence-corrected chi connectivity index (χ4v) is 3.05. The summed E-state index contributed by atoms with van der Waals surface area (Å²) >= 11 is 0. The Hall–Kier alpha value is -1.88. The van der Waals surface area contributed by atoms with Crippen LogP contribution in [0.1, 0.15) is 40.7 Å². The SMILES string of the molecule is Cc1cc(NC(=O)C2CCCC2CN)cc(C(=O)O)c1C. The molecule has 1 fully saturated rings. The van der Waals surface area contributed by atoms with Crippen molar-refractivity contribution in [2.24, 2.45) is 17.6 Å². The van der Waals surface area contributed by atoms with Gasteiger partial charge in [-0.05, 0) is 62.4 Å². The second kappa shape index (κ2) is 6.26. The highest BCUT2D eigenvalue weighted by atomic mass is 16.4. The van der Waals surface area contributed by atoms with Crippen LogP contribution in [0.5, 0.6) is 0 Å². The Kier molecular flexibility index (Phi) is 4.63. The normalized spacial score (nSPS) is 21.3. The minimum atomic E-state index is -0.979. The molecular weight excluding hydrogens is 268 g/mol. The number of nitrogens with two attached hydrogens (primary N) is 1. The Bertz CT molecular complexity index is 569. The van der Waals surface area contributed by atoms with Gasteiger partial charge in [-0.15, -0.1) is 0 Å². The summed E-state index contributed by atoms with van der Waals surface area (Å²) in [6.07, 6.45) is 2.86. The molecule has 0 radical (unpaired) electrons. The maximum Gasteiger partial charge on any atom is 0.336 e. The Morgan fingerprint density at radius 1 is 1.33 bits per heavy atom.